The van der Waals surface area contributed by atoms with Gasteiger partial charge in [-0.2, -0.15) is 14.9 Å². The number of aromatic amines is 1. The van der Waals surface area contributed by atoms with E-state index in [4.69, 9.17) is 21.7 Å². The number of methoxy groups -OCH3 is 1. The van der Waals surface area contributed by atoms with Crippen LogP contribution in [0.1, 0.15) is 12.5 Å². The third kappa shape index (κ3) is 4.03. The van der Waals surface area contributed by atoms with Crippen LogP contribution in [-0.4, -0.2) is 34.8 Å². The Morgan fingerprint density at radius 2 is 2.04 bits per heavy atom. The molecular weight excluding hydrogens is 416 g/mol. The van der Waals surface area contributed by atoms with E-state index in [2.05, 4.69) is 31.2 Å². The van der Waals surface area contributed by atoms with Crippen molar-refractivity contribution in [3.63, 3.8) is 0 Å². The summed E-state index contributed by atoms with van der Waals surface area (Å²) in [5.41, 5.74) is 1.78. The van der Waals surface area contributed by atoms with Crippen molar-refractivity contribution in [2.75, 3.05) is 13.7 Å². The van der Waals surface area contributed by atoms with Crippen LogP contribution in [0, 0.1) is 4.77 Å². The molecule has 0 aliphatic rings. The van der Waals surface area contributed by atoms with Gasteiger partial charge in [0.05, 0.1) is 24.4 Å². The fourth-order valence-electron chi connectivity index (χ4n) is 2.34. The zero-order valence-electron chi connectivity index (χ0n) is 14.3. The molecule has 134 valence electrons. The molecule has 0 saturated heterocycles. The summed E-state index contributed by atoms with van der Waals surface area (Å²) in [6.07, 6.45) is 1.72. The van der Waals surface area contributed by atoms with Crippen molar-refractivity contribution in [3.05, 3.63) is 57.3 Å². The molecule has 2 aromatic carbocycles. The number of nitrogens with zero attached hydrogens (tertiary/aromatic N) is 3. The summed E-state index contributed by atoms with van der Waals surface area (Å²) in [5.74, 6) is 2.20. The molecule has 0 aliphatic carbocycles. The van der Waals surface area contributed by atoms with E-state index in [9.17, 15) is 0 Å². The summed E-state index contributed by atoms with van der Waals surface area (Å²) in [7, 11) is 1.63. The molecule has 0 fully saturated rings. The van der Waals surface area contributed by atoms with E-state index in [0.717, 1.165) is 27.1 Å². The van der Waals surface area contributed by atoms with E-state index in [1.807, 2.05) is 49.4 Å². The van der Waals surface area contributed by atoms with Gasteiger partial charge >= 0.3 is 0 Å². The quantitative estimate of drug-likeness (QED) is 0.454. The lowest BCUT2D eigenvalue weighted by Crippen LogP contribution is -1.96. The number of H-pyrrole nitrogens is 1. The zero-order chi connectivity index (χ0) is 18.5. The molecule has 6 nitrogen and oxygen atoms in total. The lowest BCUT2D eigenvalue weighted by Gasteiger charge is -2.05. The van der Waals surface area contributed by atoms with Gasteiger partial charge in [-0.25, -0.2) is 5.10 Å². The third-order valence-corrected chi connectivity index (χ3v) is 4.46. The average Bonchev–Trinajstić information content (AvgIpc) is 3.01. The van der Waals surface area contributed by atoms with E-state index in [1.165, 1.54) is 0 Å². The predicted octanol–water partition coefficient (Wildman–Crippen LogP) is 4.66. The van der Waals surface area contributed by atoms with Crippen molar-refractivity contribution in [3.8, 4) is 22.9 Å². The molecule has 1 heterocycles. The smallest absolute Gasteiger partial charge is 0.216 e. The zero-order valence-corrected chi connectivity index (χ0v) is 16.7. The van der Waals surface area contributed by atoms with Gasteiger partial charge in [-0.15, -0.1) is 0 Å². The van der Waals surface area contributed by atoms with Crippen LogP contribution in [0.15, 0.2) is 52.0 Å². The molecule has 0 unspecified atom stereocenters. The van der Waals surface area contributed by atoms with Crippen molar-refractivity contribution >= 4 is 34.4 Å². The Morgan fingerprint density at radius 3 is 2.69 bits per heavy atom. The highest BCUT2D eigenvalue weighted by Crippen LogP contribution is 2.25. The van der Waals surface area contributed by atoms with Gasteiger partial charge in [0, 0.05) is 5.56 Å². The monoisotopic (exact) mass is 432 g/mol. The number of nitrogens with one attached hydrogen (secondary N) is 1. The minimum Gasteiger partial charge on any atom is -0.496 e. The first kappa shape index (κ1) is 18.3. The summed E-state index contributed by atoms with van der Waals surface area (Å²) >= 11 is 8.76. The van der Waals surface area contributed by atoms with Gasteiger partial charge in [0.15, 0.2) is 5.82 Å². The molecule has 1 N–H and O–H groups in total. The van der Waals surface area contributed by atoms with Crippen molar-refractivity contribution in [2.24, 2.45) is 5.10 Å². The Balaban J connectivity index is 1.90. The second-order valence-electron chi connectivity index (χ2n) is 5.26. The maximum absolute atomic E-state index is 5.47. The van der Waals surface area contributed by atoms with Gasteiger partial charge in [-0.3, -0.25) is 0 Å². The first-order valence-electron chi connectivity index (χ1n) is 7.91. The Hall–Kier alpha value is -2.45. The van der Waals surface area contributed by atoms with Crippen LogP contribution in [0.5, 0.6) is 11.5 Å². The number of hydrogen-bond donors (Lipinski definition) is 1. The molecule has 8 heteroatoms. The molecular formula is C18H17BrN4O2S. The number of halogens is 1. The van der Waals surface area contributed by atoms with E-state index < -0.39 is 0 Å². The molecule has 0 bridgehead atoms. The molecule has 3 aromatic rings. The molecule has 0 aliphatic heterocycles. The fraction of sp³-hybridized carbons (Fsp3) is 0.167. The summed E-state index contributed by atoms with van der Waals surface area (Å²) in [6.45, 7) is 2.57. The van der Waals surface area contributed by atoms with Gasteiger partial charge in [-0.1, -0.05) is 0 Å². The standard InChI is InChI=1S/C18H17BrN4O2S/c1-3-25-14-7-5-13(6-8-14)17-21-22-18(26)23(17)20-11-12-4-9-16(24-2)15(19)10-12/h4-11H,3H2,1-2H3,(H,22,26). The Labute approximate surface area is 164 Å². The normalized spacial score (nSPS) is 11.0. The first-order valence-corrected chi connectivity index (χ1v) is 9.11. The van der Waals surface area contributed by atoms with E-state index in [1.54, 1.807) is 18.0 Å². The number of hydrogen-bond acceptors (Lipinski definition) is 5. The van der Waals surface area contributed by atoms with Crippen LogP contribution in [0.4, 0.5) is 0 Å². The number of rotatable bonds is 6. The van der Waals surface area contributed by atoms with Crippen molar-refractivity contribution < 1.29 is 9.47 Å². The van der Waals surface area contributed by atoms with Crippen molar-refractivity contribution in [1.29, 1.82) is 0 Å². The maximum Gasteiger partial charge on any atom is 0.216 e. The predicted molar refractivity (Wildman–Crippen MR) is 108 cm³/mol. The molecule has 0 saturated carbocycles. The van der Waals surface area contributed by atoms with Crippen LogP contribution in [0.25, 0.3) is 11.4 Å². The van der Waals surface area contributed by atoms with Crippen LogP contribution in [0.2, 0.25) is 0 Å². The SMILES string of the molecule is CCOc1ccc(-c2n[nH]c(=S)n2N=Cc2ccc(OC)c(Br)c2)cc1. The summed E-state index contributed by atoms with van der Waals surface area (Å²) in [4.78, 5) is 0. The number of benzene rings is 2. The molecule has 0 atom stereocenters. The third-order valence-electron chi connectivity index (χ3n) is 3.57. The highest BCUT2D eigenvalue weighted by molar-refractivity contribution is 9.10. The molecule has 1 aromatic heterocycles. The van der Waals surface area contributed by atoms with Gasteiger partial charge in [0.25, 0.3) is 0 Å². The van der Waals surface area contributed by atoms with Crippen LogP contribution in [0.3, 0.4) is 0 Å². The van der Waals surface area contributed by atoms with E-state index in [0.29, 0.717) is 17.2 Å². The fourth-order valence-corrected chi connectivity index (χ4v) is 3.08. The molecule has 0 amide bonds. The molecule has 0 radical (unpaired) electrons. The summed E-state index contributed by atoms with van der Waals surface area (Å²) in [5, 5.41) is 11.5. The summed E-state index contributed by atoms with van der Waals surface area (Å²) in [6, 6.07) is 13.3. The van der Waals surface area contributed by atoms with Gasteiger partial charge < -0.3 is 9.47 Å². The molecule has 3 rings (SSSR count). The first-order chi connectivity index (χ1) is 12.6. The number of aromatic nitrogens is 3. The van der Waals surface area contributed by atoms with Gasteiger partial charge in [0.2, 0.25) is 4.77 Å². The van der Waals surface area contributed by atoms with Gasteiger partial charge in [-0.05, 0) is 83.1 Å². The molecule has 0 spiro atoms. The average molecular weight is 433 g/mol. The highest BCUT2D eigenvalue weighted by Gasteiger charge is 2.08. The van der Waals surface area contributed by atoms with Crippen molar-refractivity contribution in [2.45, 2.75) is 6.92 Å². The van der Waals surface area contributed by atoms with Crippen molar-refractivity contribution in [1.82, 2.24) is 14.9 Å². The second-order valence-corrected chi connectivity index (χ2v) is 6.50. The Kier molecular flexibility index (Phi) is 5.85. The van der Waals surface area contributed by atoms with Gasteiger partial charge in [0.1, 0.15) is 11.5 Å². The minimum absolute atomic E-state index is 0.415. The van der Waals surface area contributed by atoms with Crippen LogP contribution in [-0.2, 0) is 0 Å². The second kappa shape index (κ2) is 8.29. The number of ether oxygens (including phenoxy) is 2. The summed E-state index contributed by atoms with van der Waals surface area (Å²) < 4.78 is 13.6. The molecule has 26 heavy (non-hydrogen) atoms. The van der Waals surface area contributed by atoms with Crippen LogP contribution >= 0.6 is 28.1 Å². The Bertz CT molecular complexity index is 980. The topological polar surface area (TPSA) is 64.4 Å². The lowest BCUT2D eigenvalue weighted by atomic mass is 10.2. The minimum atomic E-state index is 0.415. The van der Waals surface area contributed by atoms with E-state index >= 15 is 0 Å². The van der Waals surface area contributed by atoms with E-state index in [-0.39, 0.29) is 0 Å². The Morgan fingerprint density at radius 1 is 1.27 bits per heavy atom. The highest BCUT2D eigenvalue weighted by atomic mass is 79.9. The van der Waals surface area contributed by atoms with Crippen LogP contribution < -0.4 is 9.47 Å². The largest absolute Gasteiger partial charge is 0.496 e. The maximum atomic E-state index is 5.47. The lowest BCUT2D eigenvalue weighted by molar-refractivity contribution is 0.340.